The Morgan fingerprint density at radius 2 is 1.77 bits per heavy atom. The Morgan fingerprint density at radius 3 is 2.31 bits per heavy atom. The van der Waals surface area contributed by atoms with E-state index in [4.69, 9.17) is 4.74 Å². The largest absolute Gasteiger partial charge is 0.496 e. The standard InChI is InChI=1S/C10H10OS2/c1-7-3-9(12-5-7)10-4-8(11-2)6-13-10/h3-6H,1-2H3. The Morgan fingerprint density at radius 1 is 1.08 bits per heavy atom. The van der Waals surface area contributed by atoms with Crippen molar-refractivity contribution < 1.29 is 4.74 Å². The molecule has 0 aliphatic rings. The lowest BCUT2D eigenvalue weighted by Gasteiger charge is -1.90. The second kappa shape index (κ2) is 3.52. The number of methoxy groups -OCH3 is 1. The van der Waals surface area contributed by atoms with Gasteiger partial charge in [-0.25, -0.2) is 0 Å². The van der Waals surface area contributed by atoms with Crippen LogP contribution in [0.25, 0.3) is 9.75 Å². The highest BCUT2D eigenvalue weighted by Crippen LogP contribution is 2.34. The lowest BCUT2D eigenvalue weighted by atomic mass is 10.3. The fraction of sp³-hybridized carbons (Fsp3) is 0.200. The van der Waals surface area contributed by atoms with Crippen LogP contribution in [0.4, 0.5) is 0 Å². The first-order chi connectivity index (χ1) is 6.29. The number of hydrogen-bond donors (Lipinski definition) is 0. The summed E-state index contributed by atoms with van der Waals surface area (Å²) in [6, 6.07) is 4.28. The van der Waals surface area contributed by atoms with Gasteiger partial charge in [0.25, 0.3) is 0 Å². The van der Waals surface area contributed by atoms with Gasteiger partial charge in [-0.05, 0) is 30.0 Å². The molecule has 0 radical (unpaired) electrons. The fourth-order valence-electron chi connectivity index (χ4n) is 1.12. The zero-order valence-electron chi connectivity index (χ0n) is 7.53. The van der Waals surface area contributed by atoms with Crippen molar-refractivity contribution in [1.29, 1.82) is 0 Å². The number of rotatable bonds is 2. The molecule has 0 saturated carbocycles. The van der Waals surface area contributed by atoms with Crippen LogP contribution in [0, 0.1) is 6.92 Å². The molecule has 2 heterocycles. The van der Waals surface area contributed by atoms with E-state index in [2.05, 4.69) is 24.4 Å². The average molecular weight is 210 g/mol. The predicted octanol–water partition coefficient (Wildman–Crippen LogP) is 3.79. The minimum atomic E-state index is 0.950. The highest BCUT2D eigenvalue weighted by Gasteiger charge is 2.04. The molecule has 2 aromatic heterocycles. The van der Waals surface area contributed by atoms with E-state index in [1.807, 2.05) is 5.38 Å². The third-order valence-corrected chi connectivity index (χ3v) is 3.94. The van der Waals surface area contributed by atoms with Gasteiger partial charge in [-0.2, -0.15) is 0 Å². The smallest absolute Gasteiger partial charge is 0.130 e. The van der Waals surface area contributed by atoms with Crippen LogP contribution in [0.2, 0.25) is 0 Å². The molecule has 0 bridgehead atoms. The molecule has 0 aliphatic heterocycles. The van der Waals surface area contributed by atoms with Gasteiger partial charge in [-0.3, -0.25) is 0 Å². The summed E-state index contributed by atoms with van der Waals surface area (Å²) >= 11 is 3.51. The van der Waals surface area contributed by atoms with Crippen molar-refractivity contribution in [2.45, 2.75) is 6.92 Å². The van der Waals surface area contributed by atoms with Crippen LogP contribution in [-0.4, -0.2) is 7.11 Å². The normalized spacial score (nSPS) is 10.3. The van der Waals surface area contributed by atoms with E-state index in [1.165, 1.54) is 15.3 Å². The summed E-state index contributed by atoms with van der Waals surface area (Å²) in [4.78, 5) is 2.61. The molecule has 13 heavy (non-hydrogen) atoms. The first-order valence-electron chi connectivity index (χ1n) is 3.97. The second-order valence-corrected chi connectivity index (χ2v) is 4.66. The maximum atomic E-state index is 5.14. The summed E-state index contributed by atoms with van der Waals surface area (Å²) in [5, 5.41) is 4.20. The van der Waals surface area contributed by atoms with Crippen LogP contribution in [0.1, 0.15) is 5.56 Å². The van der Waals surface area contributed by atoms with Crippen molar-refractivity contribution in [3.63, 3.8) is 0 Å². The first-order valence-corrected chi connectivity index (χ1v) is 5.73. The van der Waals surface area contributed by atoms with Crippen molar-refractivity contribution >= 4 is 22.7 Å². The van der Waals surface area contributed by atoms with E-state index in [9.17, 15) is 0 Å². The molecule has 0 atom stereocenters. The Labute approximate surface area is 85.6 Å². The van der Waals surface area contributed by atoms with Crippen molar-refractivity contribution in [3.05, 3.63) is 28.5 Å². The first kappa shape index (κ1) is 8.78. The van der Waals surface area contributed by atoms with Gasteiger partial charge in [-0.15, -0.1) is 22.7 Å². The Kier molecular flexibility index (Phi) is 2.38. The minimum absolute atomic E-state index is 0.950. The van der Waals surface area contributed by atoms with E-state index in [-0.39, 0.29) is 0 Å². The maximum Gasteiger partial charge on any atom is 0.130 e. The molecule has 0 amide bonds. The summed E-state index contributed by atoms with van der Waals surface area (Å²) in [6.07, 6.45) is 0. The summed E-state index contributed by atoms with van der Waals surface area (Å²) in [5.74, 6) is 0.950. The molecule has 2 rings (SSSR count). The van der Waals surface area contributed by atoms with Crippen LogP contribution < -0.4 is 4.74 Å². The molecule has 1 nitrogen and oxygen atoms in total. The highest BCUT2D eigenvalue weighted by atomic mass is 32.1. The quantitative estimate of drug-likeness (QED) is 0.732. The molecule has 68 valence electrons. The van der Waals surface area contributed by atoms with Gasteiger partial charge in [0.05, 0.1) is 7.11 Å². The van der Waals surface area contributed by atoms with E-state index in [1.54, 1.807) is 29.8 Å². The molecular formula is C10H10OS2. The molecule has 0 aromatic carbocycles. The van der Waals surface area contributed by atoms with Gasteiger partial charge >= 0.3 is 0 Å². The Hall–Kier alpha value is -0.800. The van der Waals surface area contributed by atoms with Crippen LogP contribution in [0.3, 0.4) is 0 Å². The highest BCUT2D eigenvalue weighted by molar-refractivity contribution is 7.20. The van der Waals surface area contributed by atoms with Crippen molar-refractivity contribution in [2.75, 3.05) is 7.11 Å². The molecular weight excluding hydrogens is 200 g/mol. The number of hydrogen-bond acceptors (Lipinski definition) is 3. The molecule has 2 aromatic rings. The number of aryl methyl sites for hydroxylation is 1. The molecule has 3 heteroatoms. The van der Waals surface area contributed by atoms with Gasteiger partial charge in [0, 0.05) is 15.1 Å². The third kappa shape index (κ3) is 1.76. The van der Waals surface area contributed by atoms with Gasteiger partial charge in [0.2, 0.25) is 0 Å². The monoisotopic (exact) mass is 210 g/mol. The van der Waals surface area contributed by atoms with Crippen LogP contribution in [0.5, 0.6) is 5.75 Å². The molecule has 0 spiro atoms. The van der Waals surface area contributed by atoms with Gasteiger partial charge in [0.1, 0.15) is 5.75 Å². The van der Waals surface area contributed by atoms with Crippen molar-refractivity contribution in [2.24, 2.45) is 0 Å². The second-order valence-electron chi connectivity index (χ2n) is 2.84. The lowest BCUT2D eigenvalue weighted by molar-refractivity contribution is 0.417. The van der Waals surface area contributed by atoms with Gasteiger partial charge in [-0.1, -0.05) is 0 Å². The average Bonchev–Trinajstić information content (AvgIpc) is 2.71. The summed E-state index contributed by atoms with van der Waals surface area (Å²) in [7, 11) is 1.70. The summed E-state index contributed by atoms with van der Waals surface area (Å²) in [5.41, 5.74) is 1.33. The van der Waals surface area contributed by atoms with Crippen molar-refractivity contribution in [1.82, 2.24) is 0 Å². The molecule has 0 aliphatic carbocycles. The minimum Gasteiger partial charge on any atom is -0.496 e. The Balaban J connectivity index is 2.35. The van der Waals surface area contributed by atoms with E-state index in [0.29, 0.717) is 0 Å². The maximum absolute atomic E-state index is 5.14. The van der Waals surface area contributed by atoms with E-state index >= 15 is 0 Å². The van der Waals surface area contributed by atoms with Gasteiger partial charge < -0.3 is 4.74 Å². The fourth-order valence-corrected chi connectivity index (χ4v) is 2.98. The third-order valence-electron chi connectivity index (χ3n) is 1.78. The van der Waals surface area contributed by atoms with E-state index < -0.39 is 0 Å². The number of thiophene rings is 2. The van der Waals surface area contributed by atoms with E-state index in [0.717, 1.165) is 5.75 Å². The van der Waals surface area contributed by atoms with Gasteiger partial charge in [0.15, 0.2) is 0 Å². The van der Waals surface area contributed by atoms with Crippen LogP contribution >= 0.6 is 22.7 Å². The summed E-state index contributed by atoms with van der Waals surface area (Å²) in [6.45, 7) is 2.12. The molecule has 0 saturated heterocycles. The molecule has 0 unspecified atom stereocenters. The lowest BCUT2D eigenvalue weighted by Crippen LogP contribution is -1.75. The SMILES string of the molecule is COc1csc(-c2cc(C)cs2)c1. The molecule has 0 fully saturated rings. The number of ether oxygens (including phenoxy) is 1. The summed E-state index contributed by atoms with van der Waals surface area (Å²) < 4.78 is 5.14. The molecule has 0 N–H and O–H groups in total. The zero-order valence-corrected chi connectivity index (χ0v) is 9.17. The van der Waals surface area contributed by atoms with Crippen molar-refractivity contribution in [3.8, 4) is 15.5 Å². The van der Waals surface area contributed by atoms with Crippen LogP contribution in [-0.2, 0) is 0 Å². The topological polar surface area (TPSA) is 9.23 Å². The Bertz CT molecular complexity index is 400. The van der Waals surface area contributed by atoms with Crippen LogP contribution in [0.15, 0.2) is 22.9 Å². The predicted molar refractivity (Wildman–Crippen MR) is 58.9 cm³/mol. The zero-order chi connectivity index (χ0) is 9.26.